The Balaban J connectivity index is 2.22. The van der Waals surface area contributed by atoms with E-state index in [-0.39, 0.29) is 5.75 Å². The minimum atomic E-state index is -2.89. The monoisotopic (exact) mass is 332 g/mol. The highest BCUT2D eigenvalue weighted by Gasteiger charge is 2.03. The van der Waals surface area contributed by atoms with Gasteiger partial charge in [0, 0.05) is 43.9 Å². The molecule has 120 valence electrons. The fraction of sp³-hybridized carbons (Fsp3) is 0.692. The van der Waals surface area contributed by atoms with E-state index in [0.717, 1.165) is 24.4 Å². The van der Waals surface area contributed by atoms with Crippen LogP contribution in [0.15, 0.2) is 11.2 Å². The van der Waals surface area contributed by atoms with Gasteiger partial charge in [0.1, 0.15) is 9.84 Å². The fourth-order valence-corrected chi connectivity index (χ4v) is 3.21. The van der Waals surface area contributed by atoms with Gasteiger partial charge in [-0.25, -0.2) is 13.4 Å². The first kappa shape index (κ1) is 17.9. The second-order valence-electron chi connectivity index (χ2n) is 4.73. The molecule has 0 aliphatic rings. The number of nitrogens with one attached hydrogen (secondary N) is 2. The van der Waals surface area contributed by atoms with Gasteiger partial charge in [-0.2, -0.15) is 0 Å². The van der Waals surface area contributed by atoms with Gasteiger partial charge in [-0.15, -0.1) is 11.3 Å². The maximum absolute atomic E-state index is 11.0. The second-order valence-corrected chi connectivity index (χ2v) is 8.19. The van der Waals surface area contributed by atoms with Crippen LogP contribution in [-0.2, 0) is 22.7 Å². The van der Waals surface area contributed by atoms with E-state index in [9.17, 15) is 8.42 Å². The largest absolute Gasteiger partial charge is 0.356 e. The van der Waals surface area contributed by atoms with E-state index in [2.05, 4.69) is 27.5 Å². The number of aliphatic imine (C=N–C) groups is 1. The molecule has 0 spiro atoms. The number of aromatic nitrogens is 1. The molecule has 0 atom stereocenters. The van der Waals surface area contributed by atoms with Crippen LogP contribution in [0.2, 0.25) is 0 Å². The quantitative estimate of drug-likeness (QED) is 0.419. The molecule has 0 unspecified atom stereocenters. The lowest BCUT2D eigenvalue weighted by Crippen LogP contribution is -2.39. The number of nitrogens with zero attached hydrogens (tertiary/aromatic N) is 2. The van der Waals surface area contributed by atoms with Gasteiger partial charge in [0.25, 0.3) is 0 Å². The summed E-state index contributed by atoms with van der Waals surface area (Å²) in [4.78, 5) is 9.77. The van der Waals surface area contributed by atoms with Crippen molar-refractivity contribution in [1.29, 1.82) is 0 Å². The Morgan fingerprint density at radius 3 is 2.67 bits per heavy atom. The van der Waals surface area contributed by atoms with Crippen LogP contribution in [0.3, 0.4) is 0 Å². The zero-order valence-electron chi connectivity index (χ0n) is 12.8. The van der Waals surface area contributed by atoms with E-state index in [0.29, 0.717) is 18.9 Å². The summed E-state index contributed by atoms with van der Waals surface area (Å²) in [6, 6.07) is 0. The molecule has 1 aromatic heterocycles. The molecule has 0 amide bonds. The minimum Gasteiger partial charge on any atom is -0.356 e. The van der Waals surface area contributed by atoms with Crippen molar-refractivity contribution < 1.29 is 8.42 Å². The molecule has 6 nitrogen and oxygen atoms in total. The lowest BCUT2D eigenvalue weighted by Gasteiger charge is -2.10. The molecule has 0 aromatic carbocycles. The Kier molecular flexibility index (Phi) is 7.66. The summed E-state index contributed by atoms with van der Waals surface area (Å²) in [5, 5.41) is 7.42. The highest BCUT2D eigenvalue weighted by atomic mass is 32.2. The van der Waals surface area contributed by atoms with E-state index in [4.69, 9.17) is 0 Å². The van der Waals surface area contributed by atoms with Crippen LogP contribution in [0.25, 0.3) is 0 Å². The van der Waals surface area contributed by atoms with Crippen molar-refractivity contribution in [1.82, 2.24) is 15.6 Å². The predicted octanol–water partition coefficient (Wildman–Crippen LogP) is 0.848. The van der Waals surface area contributed by atoms with Gasteiger partial charge in [-0.3, -0.25) is 4.99 Å². The average molecular weight is 332 g/mol. The van der Waals surface area contributed by atoms with Crippen molar-refractivity contribution >= 4 is 27.1 Å². The van der Waals surface area contributed by atoms with Crippen molar-refractivity contribution in [2.24, 2.45) is 4.99 Å². The van der Waals surface area contributed by atoms with Crippen molar-refractivity contribution in [2.45, 2.75) is 26.2 Å². The summed E-state index contributed by atoms with van der Waals surface area (Å²) < 4.78 is 22.0. The molecule has 1 heterocycles. The molecule has 21 heavy (non-hydrogen) atoms. The van der Waals surface area contributed by atoms with Gasteiger partial charge in [0.2, 0.25) is 0 Å². The molecule has 0 saturated carbocycles. The number of aryl methyl sites for hydroxylation is 1. The topological polar surface area (TPSA) is 83.4 Å². The SMILES string of the molecule is CCc1cnc(CCNC(=NC)NCCCS(C)(=O)=O)s1. The summed E-state index contributed by atoms with van der Waals surface area (Å²) in [5.74, 6) is 0.881. The highest BCUT2D eigenvalue weighted by Crippen LogP contribution is 2.13. The third-order valence-corrected chi connectivity index (χ3v) is 5.02. The molecular weight excluding hydrogens is 308 g/mol. The van der Waals surface area contributed by atoms with Crippen LogP contribution in [0.5, 0.6) is 0 Å². The number of guanidine groups is 1. The summed E-state index contributed by atoms with van der Waals surface area (Å²) >= 11 is 1.74. The molecule has 0 bridgehead atoms. The first-order valence-corrected chi connectivity index (χ1v) is 9.88. The Hall–Kier alpha value is -1.15. The lowest BCUT2D eigenvalue weighted by atomic mass is 10.4. The van der Waals surface area contributed by atoms with Gasteiger partial charge in [-0.1, -0.05) is 6.92 Å². The molecule has 0 fully saturated rings. The average Bonchev–Trinajstić information content (AvgIpc) is 2.88. The van der Waals surface area contributed by atoms with Crippen LogP contribution in [0.1, 0.15) is 23.2 Å². The molecular formula is C13H24N4O2S2. The lowest BCUT2D eigenvalue weighted by molar-refractivity contribution is 0.598. The van der Waals surface area contributed by atoms with Crippen molar-refractivity contribution in [3.63, 3.8) is 0 Å². The molecule has 2 N–H and O–H groups in total. The molecule has 0 saturated heterocycles. The standard InChI is InChI=1S/C13H24N4O2S2/c1-4-11-10-17-12(20-11)6-8-16-13(14-2)15-7-5-9-21(3,18)19/h10H,4-9H2,1-3H3,(H2,14,15,16). The number of hydrogen-bond donors (Lipinski definition) is 2. The number of thiazole rings is 1. The first-order chi connectivity index (χ1) is 9.94. The van der Waals surface area contributed by atoms with Crippen molar-refractivity contribution in [3.05, 3.63) is 16.1 Å². The summed E-state index contributed by atoms with van der Waals surface area (Å²) in [7, 11) is -1.19. The Morgan fingerprint density at radius 2 is 2.10 bits per heavy atom. The van der Waals surface area contributed by atoms with E-state index in [1.165, 1.54) is 11.1 Å². The summed E-state index contributed by atoms with van der Waals surface area (Å²) in [6.07, 6.45) is 5.63. The maximum atomic E-state index is 11.0. The zero-order chi connectivity index (χ0) is 15.7. The third kappa shape index (κ3) is 8.01. The van der Waals surface area contributed by atoms with Crippen LogP contribution in [-0.4, -0.2) is 51.5 Å². The molecule has 0 radical (unpaired) electrons. The smallest absolute Gasteiger partial charge is 0.190 e. The van der Waals surface area contributed by atoms with Gasteiger partial charge < -0.3 is 10.6 Å². The van der Waals surface area contributed by atoms with Crippen LogP contribution >= 0.6 is 11.3 Å². The van der Waals surface area contributed by atoms with E-state index < -0.39 is 9.84 Å². The van der Waals surface area contributed by atoms with Gasteiger partial charge in [0.05, 0.1) is 10.8 Å². The zero-order valence-corrected chi connectivity index (χ0v) is 14.5. The first-order valence-electron chi connectivity index (χ1n) is 7.00. The Labute approximate surface area is 131 Å². The van der Waals surface area contributed by atoms with Gasteiger partial charge in [-0.05, 0) is 12.8 Å². The van der Waals surface area contributed by atoms with E-state index in [1.54, 1.807) is 18.4 Å². The number of sulfone groups is 1. The van der Waals surface area contributed by atoms with Crippen molar-refractivity contribution in [3.8, 4) is 0 Å². The molecule has 1 rings (SSSR count). The second kappa shape index (κ2) is 8.99. The third-order valence-electron chi connectivity index (χ3n) is 2.79. The van der Waals surface area contributed by atoms with Crippen LogP contribution < -0.4 is 10.6 Å². The maximum Gasteiger partial charge on any atom is 0.190 e. The normalized spacial score (nSPS) is 12.4. The van der Waals surface area contributed by atoms with Gasteiger partial charge >= 0.3 is 0 Å². The molecule has 8 heteroatoms. The Bertz CT molecular complexity index is 552. The highest BCUT2D eigenvalue weighted by molar-refractivity contribution is 7.90. The predicted molar refractivity (Wildman–Crippen MR) is 88.9 cm³/mol. The van der Waals surface area contributed by atoms with Crippen LogP contribution in [0, 0.1) is 0 Å². The summed E-state index contributed by atoms with van der Waals surface area (Å²) in [5.41, 5.74) is 0. The van der Waals surface area contributed by atoms with Crippen molar-refractivity contribution in [2.75, 3.05) is 32.1 Å². The molecule has 0 aliphatic heterocycles. The van der Waals surface area contributed by atoms with Crippen LogP contribution in [0.4, 0.5) is 0 Å². The molecule has 1 aromatic rings. The summed E-state index contributed by atoms with van der Waals surface area (Å²) in [6.45, 7) is 3.46. The minimum absolute atomic E-state index is 0.190. The number of rotatable bonds is 8. The molecule has 0 aliphatic carbocycles. The Morgan fingerprint density at radius 1 is 1.38 bits per heavy atom. The van der Waals surface area contributed by atoms with Gasteiger partial charge in [0.15, 0.2) is 5.96 Å². The fourth-order valence-electron chi connectivity index (χ4n) is 1.68. The van der Waals surface area contributed by atoms with E-state index in [1.807, 2.05) is 6.20 Å². The number of hydrogen-bond acceptors (Lipinski definition) is 5. The van der Waals surface area contributed by atoms with E-state index >= 15 is 0 Å².